The van der Waals surface area contributed by atoms with Crippen molar-refractivity contribution in [1.29, 1.82) is 0 Å². The van der Waals surface area contributed by atoms with Crippen LogP contribution in [0.4, 0.5) is 10.3 Å². The van der Waals surface area contributed by atoms with Gasteiger partial charge in [-0.1, -0.05) is 58.7 Å². The second kappa shape index (κ2) is 5.22. The monoisotopic (exact) mass is 302 g/mol. The Balaban J connectivity index is 2.22. The van der Waals surface area contributed by atoms with Crippen molar-refractivity contribution in [3.63, 3.8) is 0 Å². The molecule has 0 aliphatic rings. The fraction of sp³-hybridized carbons (Fsp3) is 0.0625. The molecule has 0 bridgehead atoms. The molecule has 0 radical (unpaired) electrons. The lowest BCUT2D eigenvalue weighted by Crippen LogP contribution is -1.90. The van der Waals surface area contributed by atoms with E-state index in [0.717, 1.165) is 11.1 Å². The standard InChI is InChI=1S/C16H12ClFN2O/c1-9-5-7-10(8-6-9)13-15(20-21-16(13)19)11-3-2-4-12(18)14(11)17/h2-8H,19H2,1H3. The van der Waals surface area contributed by atoms with Crippen LogP contribution in [0.3, 0.4) is 0 Å². The molecule has 21 heavy (non-hydrogen) atoms. The van der Waals surface area contributed by atoms with Crippen LogP contribution in [-0.2, 0) is 0 Å². The normalized spacial score (nSPS) is 10.8. The molecule has 0 saturated heterocycles. The van der Waals surface area contributed by atoms with Gasteiger partial charge in [0, 0.05) is 5.56 Å². The van der Waals surface area contributed by atoms with E-state index in [1.165, 1.54) is 6.07 Å². The Morgan fingerprint density at radius 2 is 1.86 bits per heavy atom. The summed E-state index contributed by atoms with van der Waals surface area (Å²) in [5.41, 5.74) is 9.33. The fourth-order valence-corrected chi connectivity index (χ4v) is 2.39. The fourth-order valence-electron chi connectivity index (χ4n) is 2.17. The molecule has 0 amide bonds. The molecule has 0 aliphatic heterocycles. The first-order valence-electron chi connectivity index (χ1n) is 6.34. The molecule has 3 nitrogen and oxygen atoms in total. The van der Waals surface area contributed by atoms with E-state index in [4.69, 9.17) is 21.9 Å². The van der Waals surface area contributed by atoms with Crippen LogP contribution in [0.1, 0.15) is 5.56 Å². The molecule has 0 aliphatic carbocycles. The van der Waals surface area contributed by atoms with E-state index < -0.39 is 5.82 Å². The molecule has 1 aromatic heterocycles. The third-order valence-corrected chi connectivity index (χ3v) is 3.65. The molecule has 0 unspecified atom stereocenters. The Morgan fingerprint density at radius 3 is 2.57 bits per heavy atom. The van der Waals surface area contributed by atoms with Crippen molar-refractivity contribution in [1.82, 2.24) is 5.16 Å². The van der Waals surface area contributed by atoms with Crippen molar-refractivity contribution in [2.24, 2.45) is 0 Å². The minimum absolute atomic E-state index is 0.000776. The Morgan fingerprint density at radius 1 is 1.14 bits per heavy atom. The molecule has 2 aromatic carbocycles. The van der Waals surface area contributed by atoms with Crippen LogP contribution >= 0.6 is 11.6 Å². The van der Waals surface area contributed by atoms with E-state index in [1.54, 1.807) is 12.1 Å². The lowest BCUT2D eigenvalue weighted by atomic mass is 10.00. The van der Waals surface area contributed by atoms with Crippen molar-refractivity contribution < 1.29 is 8.91 Å². The van der Waals surface area contributed by atoms with Crippen LogP contribution in [0, 0.1) is 12.7 Å². The van der Waals surface area contributed by atoms with Gasteiger partial charge in [0.15, 0.2) is 0 Å². The molecular formula is C16H12ClFN2O. The highest BCUT2D eigenvalue weighted by molar-refractivity contribution is 6.33. The first kappa shape index (κ1) is 13.6. The summed E-state index contributed by atoms with van der Waals surface area (Å²) in [7, 11) is 0. The van der Waals surface area contributed by atoms with Gasteiger partial charge >= 0.3 is 0 Å². The summed E-state index contributed by atoms with van der Waals surface area (Å²) in [6, 6.07) is 12.3. The molecule has 0 saturated carbocycles. The van der Waals surface area contributed by atoms with E-state index in [9.17, 15) is 4.39 Å². The summed E-state index contributed by atoms with van der Waals surface area (Å²) in [6.45, 7) is 1.99. The first-order chi connectivity index (χ1) is 10.1. The molecule has 0 spiro atoms. The molecule has 3 rings (SSSR count). The van der Waals surface area contributed by atoms with Gasteiger partial charge in [0.2, 0.25) is 5.88 Å². The van der Waals surface area contributed by atoms with Gasteiger partial charge in [-0.15, -0.1) is 0 Å². The van der Waals surface area contributed by atoms with E-state index in [-0.39, 0.29) is 10.9 Å². The Kier molecular flexibility index (Phi) is 3.39. The van der Waals surface area contributed by atoms with Gasteiger partial charge in [-0.05, 0) is 18.6 Å². The zero-order valence-corrected chi connectivity index (χ0v) is 12.0. The number of nitrogens with zero attached hydrogens (tertiary/aromatic N) is 1. The maximum absolute atomic E-state index is 13.6. The van der Waals surface area contributed by atoms with Gasteiger partial charge in [-0.25, -0.2) is 4.39 Å². The highest BCUT2D eigenvalue weighted by Gasteiger charge is 2.20. The average Bonchev–Trinajstić information content (AvgIpc) is 2.85. The second-order valence-electron chi connectivity index (χ2n) is 4.74. The topological polar surface area (TPSA) is 52.0 Å². The largest absolute Gasteiger partial charge is 0.367 e. The maximum atomic E-state index is 13.6. The number of aryl methyl sites for hydroxylation is 1. The van der Waals surface area contributed by atoms with Crippen LogP contribution < -0.4 is 5.73 Å². The zero-order valence-electron chi connectivity index (χ0n) is 11.2. The van der Waals surface area contributed by atoms with E-state index in [1.807, 2.05) is 31.2 Å². The van der Waals surface area contributed by atoms with Crippen molar-refractivity contribution in [3.8, 4) is 22.4 Å². The quantitative estimate of drug-likeness (QED) is 0.747. The minimum Gasteiger partial charge on any atom is -0.367 e. The number of anilines is 1. The second-order valence-corrected chi connectivity index (χ2v) is 5.12. The third kappa shape index (κ3) is 2.38. The predicted octanol–water partition coefficient (Wildman–Crippen LogP) is 4.69. The van der Waals surface area contributed by atoms with Crippen LogP contribution in [0.25, 0.3) is 22.4 Å². The summed E-state index contributed by atoms with van der Waals surface area (Å²) in [6.07, 6.45) is 0. The van der Waals surface area contributed by atoms with Crippen molar-refractivity contribution in [2.75, 3.05) is 5.73 Å². The van der Waals surface area contributed by atoms with E-state index >= 15 is 0 Å². The number of aromatic nitrogens is 1. The van der Waals surface area contributed by atoms with Crippen molar-refractivity contribution in [3.05, 3.63) is 58.9 Å². The summed E-state index contributed by atoms with van der Waals surface area (Å²) in [5.74, 6) is -0.334. The number of halogens is 2. The molecule has 3 aromatic rings. The molecule has 0 atom stereocenters. The predicted molar refractivity (Wildman–Crippen MR) is 81.5 cm³/mol. The van der Waals surface area contributed by atoms with Crippen LogP contribution in [0.2, 0.25) is 5.02 Å². The number of nitrogen functional groups attached to an aromatic ring is 1. The average molecular weight is 303 g/mol. The van der Waals surface area contributed by atoms with Crippen LogP contribution in [0.15, 0.2) is 47.0 Å². The molecule has 106 valence electrons. The SMILES string of the molecule is Cc1ccc(-c2c(-c3cccc(F)c3Cl)noc2N)cc1. The van der Waals surface area contributed by atoms with Gasteiger partial charge < -0.3 is 10.3 Å². The minimum atomic E-state index is -0.509. The number of hydrogen-bond acceptors (Lipinski definition) is 3. The lowest BCUT2D eigenvalue weighted by Gasteiger charge is -2.05. The van der Waals surface area contributed by atoms with Gasteiger partial charge in [-0.3, -0.25) is 0 Å². The van der Waals surface area contributed by atoms with Gasteiger partial charge in [0.25, 0.3) is 0 Å². The molecular weight excluding hydrogens is 291 g/mol. The molecule has 2 N–H and O–H groups in total. The number of rotatable bonds is 2. The molecule has 0 fully saturated rings. The smallest absolute Gasteiger partial charge is 0.230 e. The number of benzene rings is 2. The summed E-state index contributed by atoms with van der Waals surface area (Å²) in [4.78, 5) is 0. The van der Waals surface area contributed by atoms with Crippen molar-refractivity contribution >= 4 is 17.5 Å². The van der Waals surface area contributed by atoms with Gasteiger partial charge in [-0.2, -0.15) is 0 Å². The first-order valence-corrected chi connectivity index (χ1v) is 6.72. The van der Waals surface area contributed by atoms with Crippen LogP contribution in [0.5, 0.6) is 0 Å². The summed E-state index contributed by atoms with van der Waals surface area (Å²) >= 11 is 6.02. The Hall–Kier alpha value is -2.33. The van der Waals surface area contributed by atoms with E-state index in [0.29, 0.717) is 16.8 Å². The van der Waals surface area contributed by atoms with Crippen molar-refractivity contribution in [2.45, 2.75) is 6.92 Å². The highest BCUT2D eigenvalue weighted by atomic mass is 35.5. The van der Waals surface area contributed by atoms with Gasteiger partial charge in [0.1, 0.15) is 11.5 Å². The summed E-state index contributed by atoms with van der Waals surface area (Å²) < 4.78 is 18.7. The molecule has 5 heteroatoms. The zero-order chi connectivity index (χ0) is 15.0. The number of nitrogens with two attached hydrogens (primary N) is 1. The third-order valence-electron chi connectivity index (χ3n) is 3.27. The Labute approximate surface area is 126 Å². The van der Waals surface area contributed by atoms with Gasteiger partial charge in [0.05, 0.1) is 10.6 Å². The van der Waals surface area contributed by atoms with E-state index in [2.05, 4.69) is 5.16 Å². The lowest BCUT2D eigenvalue weighted by molar-refractivity contribution is 0.439. The Bertz CT molecular complexity index is 797. The summed E-state index contributed by atoms with van der Waals surface area (Å²) in [5, 5.41) is 3.93. The highest BCUT2D eigenvalue weighted by Crippen LogP contribution is 2.39. The maximum Gasteiger partial charge on any atom is 0.230 e. The molecule has 1 heterocycles. The number of hydrogen-bond donors (Lipinski definition) is 1. The van der Waals surface area contributed by atoms with Crippen LogP contribution in [-0.4, -0.2) is 5.16 Å².